The van der Waals surface area contributed by atoms with Gasteiger partial charge in [0.1, 0.15) is 23.2 Å². The summed E-state index contributed by atoms with van der Waals surface area (Å²) >= 11 is 0. The van der Waals surface area contributed by atoms with Crippen LogP contribution in [0.5, 0.6) is 5.75 Å². The number of fused-ring (bicyclic) bond motifs is 1. The van der Waals surface area contributed by atoms with Gasteiger partial charge in [0.15, 0.2) is 0 Å². The highest BCUT2D eigenvalue weighted by Crippen LogP contribution is 2.27. The number of hydrogen-bond donors (Lipinski definition) is 0. The van der Waals surface area contributed by atoms with E-state index in [4.69, 9.17) is 9.15 Å². The molecule has 0 radical (unpaired) electrons. The maximum atomic E-state index is 11.3. The van der Waals surface area contributed by atoms with Crippen molar-refractivity contribution in [3.63, 3.8) is 0 Å². The number of Topliss-reactive ketones (excluding diaryl/α,β-unsaturated/α-hetero) is 1. The zero-order chi connectivity index (χ0) is 22.1. The largest absolute Gasteiger partial charge is 0.487 e. The molecule has 0 spiro atoms. The van der Waals surface area contributed by atoms with E-state index in [-0.39, 0.29) is 17.8 Å². The Labute approximate surface area is 186 Å². The summed E-state index contributed by atoms with van der Waals surface area (Å²) in [6.45, 7) is 5.10. The van der Waals surface area contributed by atoms with Crippen LogP contribution in [-0.2, 0) is 4.79 Å². The van der Waals surface area contributed by atoms with Gasteiger partial charge in [-0.3, -0.25) is 0 Å². The molecule has 7 heteroatoms. The van der Waals surface area contributed by atoms with E-state index in [1.807, 2.05) is 54.6 Å². The molecule has 2 aromatic heterocycles. The molecule has 1 atom stereocenters. The molecule has 162 valence electrons. The van der Waals surface area contributed by atoms with Crippen molar-refractivity contribution in [1.29, 1.82) is 0 Å². The molecular weight excluding hydrogens is 404 g/mol. The van der Waals surface area contributed by atoms with Crippen LogP contribution in [0.4, 0.5) is 5.95 Å². The van der Waals surface area contributed by atoms with Gasteiger partial charge >= 0.3 is 0 Å². The number of ketones is 1. The summed E-state index contributed by atoms with van der Waals surface area (Å²) in [5.41, 5.74) is 3.17. The second kappa shape index (κ2) is 8.42. The van der Waals surface area contributed by atoms with E-state index in [0.717, 1.165) is 16.9 Å². The molecule has 0 unspecified atom stereocenters. The fourth-order valence-corrected chi connectivity index (χ4v) is 3.88. The summed E-state index contributed by atoms with van der Waals surface area (Å²) in [6.07, 6.45) is 2.33. The molecular formula is C25H24N4O3. The van der Waals surface area contributed by atoms with Crippen LogP contribution in [0, 0.1) is 0 Å². The van der Waals surface area contributed by atoms with Crippen LogP contribution in [0.25, 0.3) is 22.7 Å². The third-order valence-corrected chi connectivity index (χ3v) is 5.64. The molecule has 3 heterocycles. The lowest BCUT2D eigenvalue weighted by atomic mass is 9.96. The fraction of sp³-hybridized carbons (Fsp3) is 0.280. The molecule has 0 aliphatic carbocycles. The number of carbonyl (C=O) groups is 1. The lowest BCUT2D eigenvalue weighted by molar-refractivity contribution is -0.117. The van der Waals surface area contributed by atoms with Crippen LogP contribution in [0.1, 0.15) is 31.7 Å². The van der Waals surface area contributed by atoms with E-state index >= 15 is 0 Å². The van der Waals surface area contributed by atoms with E-state index in [9.17, 15) is 4.79 Å². The Hall–Kier alpha value is -3.74. The van der Waals surface area contributed by atoms with Crippen molar-refractivity contribution in [2.45, 2.75) is 32.3 Å². The van der Waals surface area contributed by atoms with E-state index in [1.165, 1.54) is 0 Å². The normalized spacial score (nSPS) is 14.9. The van der Waals surface area contributed by atoms with Crippen LogP contribution in [0.15, 0.2) is 65.2 Å². The number of oxazole rings is 1. The summed E-state index contributed by atoms with van der Waals surface area (Å²) < 4.78 is 11.9. The van der Waals surface area contributed by atoms with Crippen molar-refractivity contribution < 1.29 is 13.9 Å². The molecule has 5 rings (SSSR count). The second-order valence-electron chi connectivity index (χ2n) is 8.27. The van der Waals surface area contributed by atoms with Crippen molar-refractivity contribution in [3.05, 3.63) is 66.4 Å². The van der Waals surface area contributed by atoms with Gasteiger partial charge in [-0.15, -0.1) is 0 Å². The minimum atomic E-state index is 0.0735. The van der Waals surface area contributed by atoms with Gasteiger partial charge in [0.2, 0.25) is 11.8 Å². The maximum absolute atomic E-state index is 11.3. The first-order valence-corrected chi connectivity index (χ1v) is 10.7. The highest BCUT2D eigenvalue weighted by molar-refractivity contribution is 5.76. The number of nitrogens with zero attached hydrogens (tertiary/aromatic N) is 4. The minimum Gasteiger partial charge on any atom is -0.487 e. The Bertz CT molecular complexity index is 1230. The van der Waals surface area contributed by atoms with Crippen molar-refractivity contribution in [2.24, 2.45) is 0 Å². The van der Waals surface area contributed by atoms with Crippen LogP contribution >= 0.6 is 0 Å². The SMILES string of the molecule is CC(=O)C[C@@H](C)c1ccc(OC2CN(c3ncc4nc(-c5ccccc5)oc4n3)C2)cc1. The summed E-state index contributed by atoms with van der Waals surface area (Å²) in [5, 5.41) is 0. The van der Waals surface area contributed by atoms with Crippen LogP contribution in [-0.4, -0.2) is 39.9 Å². The molecule has 2 aromatic carbocycles. The smallest absolute Gasteiger partial charge is 0.252 e. The molecule has 1 fully saturated rings. The zero-order valence-corrected chi connectivity index (χ0v) is 18.1. The van der Waals surface area contributed by atoms with Crippen LogP contribution in [0.3, 0.4) is 0 Å². The van der Waals surface area contributed by atoms with Gasteiger partial charge in [0.05, 0.1) is 19.3 Å². The van der Waals surface area contributed by atoms with Crippen molar-refractivity contribution in [2.75, 3.05) is 18.0 Å². The lowest BCUT2D eigenvalue weighted by Gasteiger charge is -2.38. The monoisotopic (exact) mass is 428 g/mol. The van der Waals surface area contributed by atoms with E-state index in [2.05, 4.69) is 26.8 Å². The first-order chi connectivity index (χ1) is 15.5. The average Bonchev–Trinajstić information content (AvgIpc) is 3.20. The molecule has 1 aliphatic rings. The van der Waals surface area contributed by atoms with Gasteiger partial charge in [0.25, 0.3) is 5.71 Å². The predicted molar refractivity (Wildman–Crippen MR) is 122 cm³/mol. The Morgan fingerprint density at radius 3 is 2.59 bits per heavy atom. The number of ether oxygens (including phenoxy) is 1. The predicted octanol–water partition coefficient (Wildman–Crippen LogP) is 4.64. The number of rotatable bonds is 7. The number of hydrogen-bond acceptors (Lipinski definition) is 7. The van der Waals surface area contributed by atoms with Gasteiger partial charge in [-0.25, -0.2) is 9.97 Å². The molecule has 0 bridgehead atoms. The number of aromatic nitrogens is 3. The Morgan fingerprint density at radius 1 is 1.12 bits per heavy atom. The topological polar surface area (TPSA) is 81.4 Å². The number of benzene rings is 2. The summed E-state index contributed by atoms with van der Waals surface area (Å²) in [5.74, 6) is 2.40. The van der Waals surface area contributed by atoms with Gasteiger partial charge in [-0.2, -0.15) is 4.98 Å². The number of carbonyl (C=O) groups excluding carboxylic acids is 1. The Kier molecular flexibility index (Phi) is 5.31. The molecule has 7 nitrogen and oxygen atoms in total. The first kappa shape index (κ1) is 20.2. The minimum absolute atomic E-state index is 0.0735. The Balaban J connectivity index is 1.20. The lowest BCUT2D eigenvalue weighted by Crippen LogP contribution is -2.54. The van der Waals surface area contributed by atoms with E-state index in [1.54, 1.807) is 13.1 Å². The van der Waals surface area contributed by atoms with Crippen molar-refractivity contribution >= 4 is 23.0 Å². The fourth-order valence-electron chi connectivity index (χ4n) is 3.88. The van der Waals surface area contributed by atoms with Crippen molar-refractivity contribution in [3.8, 4) is 17.2 Å². The molecule has 32 heavy (non-hydrogen) atoms. The zero-order valence-electron chi connectivity index (χ0n) is 18.1. The van der Waals surface area contributed by atoms with E-state index in [0.29, 0.717) is 42.6 Å². The molecule has 0 saturated carbocycles. The highest BCUT2D eigenvalue weighted by atomic mass is 16.5. The maximum Gasteiger partial charge on any atom is 0.252 e. The molecule has 1 saturated heterocycles. The second-order valence-corrected chi connectivity index (χ2v) is 8.27. The Morgan fingerprint density at radius 2 is 1.88 bits per heavy atom. The molecule has 1 aliphatic heterocycles. The molecule has 0 N–H and O–H groups in total. The molecule has 4 aromatic rings. The van der Waals surface area contributed by atoms with Gasteiger partial charge in [-0.05, 0) is 42.7 Å². The quantitative estimate of drug-likeness (QED) is 0.424. The van der Waals surface area contributed by atoms with Gasteiger partial charge in [0, 0.05) is 12.0 Å². The van der Waals surface area contributed by atoms with Gasteiger partial charge in [-0.1, -0.05) is 37.3 Å². The van der Waals surface area contributed by atoms with Crippen LogP contribution < -0.4 is 9.64 Å². The summed E-state index contributed by atoms with van der Waals surface area (Å²) in [4.78, 5) is 26.8. The van der Waals surface area contributed by atoms with Crippen LogP contribution in [0.2, 0.25) is 0 Å². The number of anilines is 1. The van der Waals surface area contributed by atoms with Gasteiger partial charge < -0.3 is 18.8 Å². The third-order valence-electron chi connectivity index (χ3n) is 5.64. The summed E-state index contributed by atoms with van der Waals surface area (Å²) in [7, 11) is 0. The molecule has 0 amide bonds. The highest BCUT2D eigenvalue weighted by Gasteiger charge is 2.31. The van der Waals surface area contributed by atoms with E-state index < -0.39 is 0 Å². The van der Waals surface area contributed by atoms with Crippen molar-refractivity contribution in [1.82, 2.24) is 15.0 Å². The first-order valence-electron chi connectivity index (χ1n) is 10.7. The third kappa shape index (κ3) is 4.19. The summed E-state index contributed by atoms with van der Waals surface area (Å²) in [6, 6.07) is 17.8. The average molecular weight is 428 g/mol. The standard InChI is InChI=1S/C25H24N4O3/c1-16(12-17(2)30)18-8-10-20(11-9-18)31-21-14-29(15-21)25-26-13-22-24(28-25)32-23(27-22)19-6-4-3-5-7-19/h3-11,13,16,21H,12,14-15H2,1-2H3/t16-/m1/s1.